The molecular weight excluding hydrogens is 390 g/mol. The van der Waals surface area contributed by atoms with Crippen LogP contribution in [0.25, 0.3) is 0 Å². The molecule has 9 nitrogen and oxygen atoms in total. The van der Waals surface area contributed by atoms with Crippen LogP contribution in [0.15, 0.2) is 28.2 Å². The third-order valence-electron chi connectivity index (χ3n) is 4.77. The predicted molar refractivity (Wildman–Crippen MR) is 112 cm³/mol. The normalized spacial score (nSPS) is 13.0. The molecule has 1 fully saturated rings. The molecule has 0 aliphatic carbocycles. The minimum atomic E-state index is -0.667. The molecule has 0 saturated carbocycles. The van der Waals surface area contributed by atoms with Gasteiger partial charge in [-0.2, -0.15) is 9.98 Å². The molecule has 1 saturated heterocycles. The second-order valence-electron chi connectivity index (χ2n) is 6.82. The van der Waals surface area contributed by atoms with E-state index in [1.165, 1.54) is 18.6 Å². The highest BCUT2D eigenvalue weighted by Crippen LogP contribution is 2.26. The van der Waals surface area contributed by atoms with Gasteiger partial charge in [-0.1, -0.05) is 19.4 Å². The first-order valence-electron chi connectivity index (χ1n) is 9.78. The van der Waals surface area contributed by atoms with Crippen molar-refractivity contribution < 1.29 is 29.7 Å². The Bertz CT molecular complexity index is 672. The van der Waals surface area contributed by atoms with Crippen LogP contribution in [0.1, 0.15) is 44.6 Å². The fourth-order valence-electron chi connectivity index (χ4n) is 2.34. The van der Waals surface area contributed by atoms with E-state index >= 15 is 0 Å². The summed E-state index contributed by atoms with van der Waals surface area (Å²) in [4.78, 5) is 37.5. The van der Waals surface area contributed by atoms with Crippen LogP contribution in [0.3, 0.4) is 0 Å². The van der Waals surface area contributed by atoms with Crippen LogP contribution in [0.2, 0.25) is 0 Å². The van der Waals surface area contributed by atoms with Crippen molar-refractivity contribution in [2.75, 3.05) is 26.4 Å². The second kappa shape index (κ2) is 16.2. The van der Waals surface area contributed by atoms with Crippen molar-refractivity contribution in [3.63, 3.8) is 0 Å². The summed E-state index contributed by atoms with van der Waals surface area (Å²) in [6, 6.07) is 4.94. The van der Waals surface area contributed by atoms with Crippen molar-refractivity contribution in [3.05, 3.63) is 23.8 Å². The molecule has 9 heteroatoms. The number of carbonyl (C=O) groups excluding carboxylic acids is 3. The molecule has 0 spiro atoms. The maximum absolute atomic E-state index is 10.6. The van der Waals surface area contributed by atoms with Crippen LogP contribution in [-0.4, -0.2) is 59.8 Å². The number of nitrogens with one attached hydrogen (secondary N) is 1. The van der Waals surface area contributed by atoms with Crippen LogP contribution in [0, 0.1) is 12.3 Å². The lowest BCUT2D eigenvalue weighted by Gasteiger charge is -2.24. The molecule has 1 aliphatic heterocycles. The second-order valence-corrected chi connectivity index (χ2v) is 6.82. The lowest BCUT2D eigenvalue weighted by atomic mass is 9.88. The average molecular weight is 421 g/mol. The van der Waals surface area contributed by atoms with Gasteiger partial charge in [-0.3, -0.25) is 4.79 Å². The number of hydrogen-bond donors (Lipinski definition) is 4. The lowest BCUT2D eigenvalue weighted by molar-refractivity contribution is -0.120. The summed E-state index contributed by atoms with van der Waals surface area (Å²) in [5.74, 6) is 0.225. The van der Waals surface area contributed by atoms with Gasteiger partial charge in [-0.05, 0) is 38.3 Å². The molecule has 0 atom stereocenters. The molecule has 1 amide bonds. The van der Waals surface area contributed by atoms with Crippen LogP contribution >= 0.6 is 0 Å². The third kappa shape index (κ3) is 10.2. The van der Waals surface area contributed by atoms with Gasteiger partial charge in [0, 0.05) is 23.9 Å². The van der Waals surface area contributed by atoms with Crippen LogP contribution in [0.4, 0.5) is 11.4 Å². The molecule has 166 valence electrons. The molecule has 4 N–H and O–H groups in total. The molecule has 0 bridgehead atoms. The molecule has 1 aromatic carbocycles. The van der Waals surface area contributed by atoms with E-state index in [-0.39, 0.29) is 25.7 Å². The van der Waals surface area contributed by atoms with Crippen molar-refractivity contribution in [1.29, 1.82) is 0 Å². The van der Waals surface area contributed by atoms with Gasteiger partial charge in [0.15, 0.2) is 0 Å². The number of nitrogens with zero attached hydrogens (tertiary/aromatic N) is 2. The number of aliphatic hydroxyl groups is 3. The molecule has 1 aromatic rings. The zero-order chi connectivity index (χ0) is 22.8. The van der Waals surface area contributed by atoms with Gasteiger partial charge in [0.2, 0.25) is 18.1 Å². The maximum Gasteiger partial charge on any atom is 0.240 e. The van der Waals surface area contributed by atoms with Crippen molar-refractivity contribution in [2.45, 2.75) is 46.0 Å². The van der Waals surface area contributed by atoms with Gasteiger partial charge in [0.1, 0.15) is 0 Å². The molecule has 0 radical (unpaired) electrons. The van der Waals surface area contributed by atoms with E-state index in [9.17, 15) is 14.4 Å². The molecule has 1 heterocycles. The Morgan fingerprint density at radius 3 is 1.93 bits per heavy atom. The number of rotatable bonds is 6. The highest BCUT2D eigenvalue weighted by molar-refractivity contribution is 5.75. The fraction of sp³-hybridized carbons (Fsp3) is 0.571. The standard InChI is InChI=1S/C9H6N2O2.C6H11NO.C6H14O3/c1-7-8(10-5-12)3-2-4-9(7)11-6-13;8-6-4-2-1-3-5-7-6;1-2-6(3-7,4-8)5-9/h2-4H,1H3;1-5H2,(H,7,8);7-9H,2-5H2,1H3. The van der Waals surface area contributed by atoms with E-state index in [4.69, 9.17) is 15.3 Å². The first kappa shape index (κ1) is 27.3. The number of aliphatic imine (C=N–C) groups is 2. The molecule has 30 heavy (non-hydrogen) atoms. The number of isocyanates is 2. The maximum atomic E-state index is 10.6. The summed E-state index contributed by atoms with van der Waals surface area (Å²) in [6.45, 7) is 3.96. The van der Waals surface area contributed by atoms with E-state index in [1.807, 2.05) is 6.92 Å². The highest BCUT2D eigenvalue weighted by atomic mass is 16.3. The number of hydrogen-bond acceptors (Lipinski definition) is 8. The number of benzene rings is 1. The molecule has 2 rings (SSSR count). The largest absolute Gasteiger partial charge is 0.396 e. The van der Waals surface area contributed by atoms with E-state index in [1.54, 1.807) is 25.1 Å². The Balaban J connectivity index is 0.000000438. The van der Waals surface area contributed by atoms with E-state index in [0.717, 1.165) is 25.8 Å². The number of amides is 1. The minimum Gasteiger partial charge on any atom is -0.396 e. The van der Waals surface area contributed by atoms with Crippen LogP contribution in [-0.2, 0) is 14.4 Å². The summed E-state index contributed by atoms with van der Waals surface area (Å²) in [5.41, 5.74) is 0.923. The third-order valence-corrected chi connectivity index (χ3v) is 4.77. The molecule has 0 unspecified atom stereocenters. The zero-order valence-electron chi connectivity index (χ0n) is 17.6. The van der Waals surface area contributed by atoms with Crippen molar-refractivity contribution in [1.82, 2.24) is 5.32 Å². The minimum absolute atomic E-state index is 0.156. The van der Waals surface area contributed by atoms with Gasteiger partial charge in [-0.25, -0.2) is 9.59 Å². The summed E-state index contributed by atoms with van der Waals surface area (Å²) in [6.07, 6.45) is 7.63. The first-order valence-corrected chi connectivity index (χ1v) is 9.78. The van der Waals surface area contributed by atoms with Gasteiger partial charge in [0.05, 0.1) is 31.2 Å². The Labute approximate surface area is 176 Å². The molecule has 0 aromatic heterocycles. The first-order chi connectivity index (χ1) is 14.4. The Hall–Kier alpha value is -2.67. The molecule has 1 aliphatic rings. The molecular formula is C21H31N3O6. The summed E-state index contributed by atoms with van der Waals surface area (Å²) in [7, 11) is 0. The van der Waals surface area contributed by atoms with E-state index in [2.05, 4.69) is 15.3 Å². The zero-order valence-corrected chi connectivity index (χ0v) is 17.6. The van der Waals surface area contributed by atoms with E-state index < -0.39 is 5.41 Å². The lowest BCUT2D eigenvalue weighted by Crippen LogP contribution is -2.32. The monoisotopic (exact) mass is 421 g/mol. The van der Waals surface area contributed by atoms with Crippen LogP contribution in [0.5, 0.6) is 0 Å². The van der Waals surface area contributed by atoms with Crippen molar-refractivity contribution >= 4 is 29.4 Å². The SMILES string of the molecule is CCC(CO)(CO)CO.Cc1c(N=C=O)cccc1N=C=O.O=C1CCCCCN1. The van der Waals surface area contributed by atoms with Gasteiger partial charge in [-0.15, -0.1) is 0 Å². The Morgan fingerprint density at radius 2 is 1.53 bits per heavy atom. The average Bonchev–Trinajstić information content (AvgIpc) is 3.02. The topological polar surface area (TPSA) is 149 Å². The summed E-state index contributed by atoms with van der Waals surface area (Å²) >= 11 is 0. The Kier molecular flexibility index (Phi) is 14.7. The Morgan fingerprint density at radius 1 is 1.00 bits per heavy atom. The summed E-state index contributed by atoms with van der Waals surface area (Å²) in [5, 5.41) is 28.8. The summed E-state index contributed by atoms with van der Waals surface area (Å²) < 4.78 is 0. The quantitative estimate of drug-likeness (QED) is 0.407. The van der Waals surface area contributed by atoms with E-state index in [0.29, 0.717) is 23.4 Å². The fourth-order valence-corrected chi connectivity index (χ4v) is 2.34. The van der Waals surface area contributed by atoms with Gasteiger partial charge >= 0.3 is 0 Å². The predicted octanol–water partition coefficient (Wildman–Crippen LogP) is 1.97. The smallest absolute Gasteiger partial charge is 0.240 e. The van der Waals surface area contributed by atoms with Gasteiger partial charge < -0.3 is 20.6 Å². The van der Waals surface area contributed by atoms with Crippen LogP contribution < -0.4 is 5.32 Å². The number of carbonyl (C=O) groups is 1. The van der Waals surface area contributed by atoms with Crippen molar-refractivity contribution in [2.24, 2.45) is 15.4 Å². The number of aliphatic hydroxyl groups excluding tert-OH is 3. The van der Waals surface area contributed by atoms with Gasteiger partial charge in [0.25, 0.3) is 0 Å². The van der Waals surface area contributed by atoms with Crippen molar-refractivity contribution in [3.8, 4) is 0 Å². The highest BCUT2D eigenvalue weighted by Gasteiger charge is 2.24.